The van der Waals surface area contributed by atoms with Gasteiger partial charge in [-0.15, -0.1) is 11.3 Å². The normalized spacial score (nSPS) is 20.0. The number of aryl methyl sites for hydroxylation is 1. The van der Waals surface area contributed by atoms with Gasteiger partial charge in [0, 0.05) is 43.2 Å². The van der Waals surface area contributed by atoms with Gasteiger partial charge in [0.05, 0.1) is 16.8 Å². The summed E-state index contributed by atoms with van der Waals surface area (Å²) < 4.78 is 0. The molecular weight excluding hydrogens is 424 g/mol. The van der Waals surface area contributed by atoms with E-state index < -0.39 is 0 Å². The van der Waals surface area contributed by atoms with Crippen LogP contribution in [-0.2, 0) is 0 Å². The molecule has 7 nitrogen and oxygen atoms in total. The van der Waals surface area contributed by atoms with Crippen LogP contribution in [0.5, 0.6) is 0 Å². The molecular formula is C24H28N4O3S. The molecule has 3 aliphatic rings. The topological polar surface area (TPSA) is 73.8 Å². The molecule has 3 heterocycles. The molecule has 2 aromatic rings. The Labute approximate surface area is 192 Å². The molecule has 1 saturated carbocycles. The van der Waals surface area contributed by atoms with E-state index in [2.05, 4.69) is 9.88 Å². The number of aromatic nitrogens is 1. The molecule has 5 rings (SSSR count). The van der Waals surface area contributed by atoms with Crippen LogP contribution in [0.25, 0.3) is 0 Å². The minimum Gasteiger partial charge on any atom is -0.346 e. The summed E-state index contributed by atoms with van der Waals surface area (Å²) in [6, 6.07) is 4.98. The lowest BCUT2D eigenvalue weighted by molar-refractivity contribution is 0.0548. The maximum Gasteiger partial charge on any atom is 0.261 e. The van der Waals surface area contributed by atoms with Crippen molar-refractivity contribution in [2.45, 2.75) is 51.5 Å². The zero-order valence-electron chi connectivity index (χ0n) is 18.4. The van der Waals surface area contributed by atoms with Crippen molar-refractivity contribution in [2.75, 3.05) is 31.1 Å². The molecule has 8 heteroatoms. The van der Waals surface area contributed by atoms with Crippen molar-refractivity contribution in [3.8, 4) is 0 Å². The summed E-state index contributed by atoms with van der Waals surface area (Å²) in [5, 5.41) is 3.05. The lowest BCUT2D eigenvalue weighted by Gasteiger charge is -2.29. The van der Waals surface area contributed by atoms with Crippen LogP contribution in [0.2, 0.25) is 0 Å². The Morgan fingerprint density at radius 2 is 1.75 bits per heavy atom. The Kier molecular flexibility index (Phi) is 5.71. The minimum atomic E-state index is -0.243. The average molecular weight is 453 g/mol. The zero-order chi connectivity index (χ0) is 22.2. The van der Waals surface area contributed by atoms with E-state index in [1.807, 2.05) is 17.2 Å². The zero-order valence-corrected chi connectivity index (χ0v) is 19.2. The van der Waals surface area contributed by atoms with Gasteiger partial charge in [-0.3, -0.25) is 19.3 Å². The van der Waals surface area contributed by atoms with Gasteiger partial charge in [-0.25, -0.2) is 4.98 Å². The number of benzene rings is 1. The Balaban J connectivity index is 1.31. The van der Waals surface area contributed by atoms with E-state index in [1.54, 1.807) is 29.5 Å². The highest BCUT2D eigenvalue weighted by atomic mass is 32.1. The largest absolute Gasteiger partial charge is 0.346 e. The van der Waals surface area contributed by atoms with Gasteiger partial charge < -0.3 is 9.80 Å². The van der Waals surface area contributed by atoms with Crippen LogP contribution >= 0.6 is 11.3 Å². The molecule has 0 N–H and O–H groups in total. The molecule has 3 amide bonds. The van der Waals surface area contributed by atoms with Crippen LogP contribution in [0.3, 0.4) is 0 Å². The number of carbonyl (C=O) groups is 3. The van der Waals surface area contributed by atoms with E-state index in [-0.39, 0.29) is 23.8 Å². The molecule has 168 valence electrons. The molecule has 0 bridgehead atoms. The average Bonchev–Trinajstić information content (AvgIpc) is 3.23. The fourth-order valence-electron chi connectivity index (χ4n) is 5.04. The summed E-state index contributed by atoms with van der Waals surface area (Å²) in [5.41, 5.74) is 2.30. The third-order valence-electron chi connectivity index (χ3n) is 6.77. The van der Waals surface area contributed by atoms with Gasteiger partial charge in [0.15, 0.2) is 5.13 Å². The SMILES string of the molecule is Cc1csc(N2CCCN(C(=O)c3ccc4c(c3)C(=O)N(C3CCCCC3)C4=O)CC2)n1. The highest BCUT2D eigenvalue weighted by Gasteiger charge is 2.40. The predicted molar refractivity (Wildman–Crippen MR) is 123 cm³/mol. The van der Waals surface area contributed by atoms with Crippen LogP contribution in [0.4, 0.5) is 5.13 Å². The number of fused-ring (bicyclic) bond motifs is 1. The predicted octanol–water partition coefficient (Wildman–Crippen LogP) is 3.73. The third-order valence-corrected chi connectivity index (χ3v) is 7.78. The lowest BCUT2D eigenvalue weighted by Crippen LogP contribution is -2.40. The maximum absolute atomic E-state index is 13.3. The fourth-order valence-corrected chi connectivity index (χ4v) is 5.90. The Bertz CT molecular complexity index is 1060. The second kappa shape index (κ2) is 8.65. The quantitative estimate of drug-likeness (QED) is 0.664. The van der Waals surface area contributed by atoms with Crippen LogP contribution in [0.1, 0.15) is 75.3 Å². The second-order valence-electron chi connectivity index (χ2n) is 8.94. The van der Waals surface area contributed by atoms with Gasteiger partial charge in [-0.2, -0.15) is 0 Å². The molecule has 32 heavy (non-hydrogen) atoms. The molecule has 0 radical (unpaired) electrons. The van der Waals surface area contributed by atoms with Crippen molar-refractivity contribution >= 4 is 34.2 Å². The van der Waals surface area contributed by atoms with Gasteiger partial charge in [0.1, 0.15) is 0 Å². The van der Waals surface area contributed by atoms with Gasteiger partial charge in [-0.1, -0.05) is 19.3 Å². The van der Waals surface area contributed by atoms with Crippen molar-refractivity contribution in [3.63, 3.8) is 0 Å². The van der Waals surface area contributed by atoms with E-state index in [1.165, 1.54) is 4.90 Å². The van der Waals surface area contributed by atoms with E-state index in [0.29, 0.717) is 29.8 Å². The van der Waals surface area contributed by atoms with Crippen LogP contribution < -0.4 is 4.90 Å². The number of carbonyl (C=O) groups excluding carboxylic acids is 3. The Morgan fingerprint density at radius 1 is 0.969 bits per heavy atom. The summed E-state index contributed by atoms with van der Waals surface area (Å²) in [6.45, 7) is 4.86. The van der Waals surface area contributed by atoms with Crippen molar-refractivity contribution in [1.82, 2.24) is 14.8 Å². The van der Waals surface area contributed by atoms with Gasteiger partial charge in [-0.05, 0) is 44.4 Å². The Morgan fingerprint density at radius 3 is 2.50 bits per heavy atom. The molecule has 1 aromatic carbocycles. The summed E-state index contributed by atoms with van der Waals surface area (Å²) >= 11 is 1.63. The summed E-state index contributed by atoms with van der Waals surface area (Å²) in [4.78, 5) is 49.3. The first-order chi connectivity index (χ1) is 15.5. The number of thiazole rings is 1. The number of imide groups is 1. The van der Waals surface area contributed by atoms with E-state index in [9.17, 15) is 14.4 Å². The molecule has 0 spiro atoms. The highest BCUT2D eigenvalue weighted by Crippen LogP contribution is 2.32. The van der Waals surface area contributed by atoms with Crippen molar-refractivity contribution < 1.29 is 14.4 Å². The molecule has 1 aromatic heterocycles. The van der Waals surface area contributed by atoms with Gasteiger partial charge >= 0.3 is 0 Å². The number of hydrogen-bond donors (Lipinski definition) is 0. The maximum atomic E-state index is 13.3. The van der Waals surface area contributed by atoms with E-state index >= 15 is 0 Å². The smallest absolute Gasteiger partial charge is 0.261 e. The van der Waals surface area contributed by atoms with Crippen molar-refractivity contribution in [3.05, 3.63) is 46.0 Å². The summed E-state index contributed by atoms with van der Waals surface area (Å²) in [5.74, 6) is -0.533. The number of amides is 3. The first kappa shape index (κ1) is 21.1. The number of hydrogen-bond acceptors (Lipinski definition) is 6. The number of nitrogens with zero attached hydrogens (tertiary/aromatic N) is 4. The molecule has 1 saturated heterocycles. The highest BCUT2D eigenvalue weighted by molar-refractivity contribution is 7.13. The van der Waals surface area contributed by atoms with Crippen LogP contribution in [0, 0.1) is 6.92 Å². The van der Waals surface area contributed by atoms with Gasteiger partial charge in [0.2, 0.25) is 0 Å². The number of anilines is 1. The minimum absolute atomic E-state index is 0.0126. The lowest BCUT2D eigenvalue weighted by atomic mass is 9.94. The molecule has 0 atom stereocenters. The second-order valence-corrected chi connectivity index (χ2v) is 9.77. The van der Waals surface area contributed by atoms with Crippen LogP contribution in [0.15, 0.2) is 23.6 Å². The summed E-state index contributed by atoms with van der Waals surface area (Å²) in [6.07, 6.45) is 5.87. The molecule has 2 fully saturated rings. The van der Waals surface area contributed by atoms with Crippen LogP contribution in [-0.4, -0.2) is 64.7 Å². The standard InChI is InChI=1S/C24H28N4O3S/c1-16-15-32-24(25-16)27-11-5-10-26(12-13-27)21(29)17-8-9-19-20(14-17)23(31)28(22(19)30)18-6-3-2-4-7-18/h8-9,14-15,18H,2-7,10-13H2,1H3. The first-order valence-electron chi connectivity index (χ1n) is 11.5. The Hall–Kier alpha value is -2.74. The van der Waals surface area contributed by atoms with Gasteiger partial charge in [0.25, 0.3) is 17.7 Å². The first-order valence-corrected chi connectivity index (χ1v) is 12.4. The monoisotopic (exact) mass is 452 g/mol. The van der Waals surface area contributed by atoms with Crippen molar-refractivity contribution in [2.24, 2.45) is 0 Å². The molecule has 0 unspecified atom stereocenters. The molecule has 2 aliphatic heterocycles. The molecule has 1 aliphatic carbocycles. The van der Waals surface area contributed by atoms with Crippen molar-refractivity contribution in [1.29, 1.82) is 0 Å². The van der Waals surface area contributed by atoms with E-state index in [0.717, 1.165) is 62.4 Å². The summed E-state index contributed by atoms with van der Waals surface area (Å²) in [7, 11) is 0. The third kappa shape index (κ3) is 3.81. The van der Waals surface area contributed by atoms with E-state index in [4.69, 9.17) is 0 Å². The number of rotatable bonds is 3. The fraction of sp³-hybridized carbons (Fsp3) is 0.500.